The van der Waals surface area contributed by atoms with Crippen LogP contribution in [0.1, 0.15) is 26.2 Å². The van der Waals surface area contributed by atoms with Gasteiger partial charge in [0.2, 0.25) is 0 Å². The third kappa shape index (κ3) is 3.02. The lowest BCUT2D eigenvalue weighted by molar-refractivity contribution is 0.296. The zero-order chi connectivity index (χ0) is 9.68. The Kier molecular flexibility index (Phi) is 4.27. The van der Waals surface area contributed by atoms with Gasteiger partial charge in [0.1, 0.15) is 0 Å². The molecule has 2 nitrogen and oxygen atoms in total. The lowest BCUT2D eigenvalue weighted by Crippen LogP contribution is -2.39. The second-order valence-corrected chi connectivity index (χ2v) is 3.81. The van der Waals surface area contributed by atoms with Gasteiger partial charge in [-0.1, -0.05) is 12.8 Å². The van der Waals surface area contributed by atoms with Gasteiger partial charge in [-0.3, -0.25) is 0 Å². The monoisotopic (exact) mass is 180 g/mol. The molecule has 74 valence electrons. The van der Waals surface area contributed by atoms with Crippen molar-refractivity contribution >= 4 is 0 Å². The normalized spacial score (nSPS) is 25.8. The van der Waals surface area contributed by atoms with Gasteiger partial charge in [-0.15, -0.1) is 6.42 Å². The van der Waals surface area contributed by atoms with Crippen molar-refractivity contribution in [3.8, 4) is 12.3 Å². The average Bonchev–Trinajstić information content (AvgIpc) is 2.54. The van der Waals surface area contributed by atoms with Crippen molar-refractivity contribution in [2.45, 2.75) is 38.3 Å². The summed E-state index contributed by atoms with van der Waals surface area (Å²) in [5, 5.41) is 3.41. The number of likely N-dealkylation sites (N-methyl/N-ethyl adjacent to an activating group) is 1. The lowest BCUT2D eigenvalue weighted by Gasteiger charge is -2.21. The Hall–Kier alpha value is -0.520. The first-order chi connectivity index (χ1) is 6.27. The van der Waals surface area contributed by atoms with E-state index in [2.05, 4.69) is 30.1 Å². The Labute approximate surface area is 81.7 Å². The molecule has 2 heteroatoms. The van der Waals surface area contributed by atoms with Crippen LogP contribution in [-0.4, -0.2) is 37.1 Å². The third-order valence-electron chi connectivity index (χ3n) is 2.88. The highest BCUT2D eigenvalue weighted by Gasteiger charge is 2.20. The van der Waals surface area contributed by atoms with Crippen molar-refractivity contribution in [2.24, 2.45) is 0 Å². The maximum atomic E-state index is 5.38. The molecule has 1 aliphatic heterocycles. The topological polar surface area (TPSA) is 15.3 Å². The van der Waals surface area contributed by atoms with Gasteiger partial charge in [-0.2, -0.15) is 0 Å². The number of likely N-dealkylation sites (tertiary alicyclic amines) is 1. The molecule has 0 aromatic rings. The Balaban J connectivity index is 2.22. The van der Waals surface area contributed by atoms with Crippen molar-refractivity contribution in [3.05, 3.63) is 0 Å². The van der Waals surface area contributed by atoms with E-state index in [9.17, 15) is 0 Å². The van der Waals surface area contributed by atoms with Crippen molar-refractivity contribution in [2.75, 3.05) is 20.1 Å². The van der Waals surface area contributed by atoms with Gasteiger partial charge in [0.05, 0.1) is 6.04 Å². The Morgan fingerprint density at radius 3 is 2.92 bits per heavy atom. The molecule has 1 heterocycles. The van der Waals surface area contributed by atoms with Gasteiger partial charge in [-0.25, -0.2) is 0 Å². The van der Waals surface area contributed by atoms with Crippen LogP contribution < -0.4 is 5.32 Å². The maximum absolute atomic E-state index is 5.38. The van der Waals surface area contributed by atoms with Crippen LogP contribution in [0.5, 0.6) is 0 Å². The number of hydrogen-bond acceptors (Lipinski definition) is 2. The fraction of sp³-hybridized carbons (Fsp3) is 0.818. The van der Waals surface area contributed by atoms with Gasteiger partial charge in [0.15, 0.2) is 0 Å². The van der Waals surface area contributed by atoms with E-state index in [0.717, 1.165) is 13.0 Å². The van der Waals surface area contributed by atoms with E-state index in [0.29, 0.717) is 6.04 Å². The van der Waals surface area contributed by atoms with Crippen LogP contribution in [0.2, 0.25) is 0 Å². The highest BCUT2D eigenvalue weighted by Crippen LogP contribution is 2.13. The smallest absolute Gasteiger partial charge is 0.0684 e. The van der Waals surface area contributed by atoms with Crippen molar-refractivity contribution < 1.29 is 0 Å². The quantitative estimate of drug-likeness (QED) is 0.651. The molecule has 0 saturated carbocycles. The summed E-state index contributed by atoms with van der Waals surface area (Å²) < 4.78 is 0. The molecule has 0 amide bonds. The van der Waals surface area contributed by atoms with Crippen molar-refractivity contribution in [3.63, 3.8) is 0 Å². The van der Waals surface area contributed by atoms with Crippen molar-refractivity contribution in [1.29, 1.82) is 0 Å². The highest BCUT2D eigenvalue weighted by molar-refractivity contribution is 4.98. The number of nitrogens with one attached hydrogen (secondary N) is 1. The zero-order valence-electron chi connectivity index (χ0n) is 8.71. The number of rotatable bonds is 4. The maximum Gasteiger partial charge on any atom is 0.0684 e. The van der Waals surface area contributed by atoms with E-state index >= 15 is 0 Å². The molecule has 0 spiro atoms. The average molecular weight is 180 g/mol. The van der Waals surface area contributed by atoms with E-state index in [4.69, 9.17) is 6.42 Å². The standard InChI is InChI=1S/C11H20N2/c1-4-10(5-2)12-9-11-7-6-8-13(11)3/h1,10-12H,5-9H2,2-3H3. The van der Waals surface area contributed by atoms with Gasteiger partial charge < -0.3 is 10.2 Å². The van der Waals surface area contributed by atoms with Gasteiger partial charge in [-0.05, 0) is 32.9 Å². The third-order valence-corrected chi connectivity index (χ3v) is 2.88. The number of hydrogen-bond donors (Lipinski definition) is 1. The highest BCUT2D eigenvalue weighted by atomic mass is 15.2. The van der Waals surface area contributed by atoms with E-state index in [-0.39, 0.29) is 6.04 Å². The molecule has 0 radical (unpaired) electrons. The minimum atomic E-state index is 0.258. The Morgan fingerprint density at radius 2 is 2.46 bits per heavy atom. The van der Waals surface area contributed by atoms with E-state index < -0.39 is 0 Å². The summed E-state index contributed by atoms with van der Waals surface area (Å²) >= 11 is 0. The van der Waals surface area contributed by atoms with Crippen LogP contribution in [0.15, 0.2) is 0 Å². The van der Waals surface area contributed by atoms with Gasteiger partial charge >= 0.3 is 0 Å². The summed E-state index contributed by atoms with van der Waals surface area (Å²) in [6, 6.07) is 0.955. The molecule has 0 aliphatic carbocycles. The molecule has 1 rings (SSSR count). The minimum Gasteiger partial charge on any atom is -0.302 e. The van der Waals surface area contributed by atoms with Crippen LogP contribution in [0.3, 0.4) is 0 Å². The van der Waals surface area contributed by atoms with Crippen LogP contribution in [-0.2, 0) is 0 Å². The van der Waals surface area contributed by atoms with Gasteiger partial charge in [0, 0.05) is 12.6 Å². The largest absolute Gasteiger partial charge is 0.302 e. The first kappa shape index (κ1) is 10.6. The van der Waals surface area contributed by atoms with Crippen LogP contribution in [0, 0.1) is 12.3 Å². The summed E-state index contributed by atoms with van der Waals surface area (Å²) in [6.07, 6.45) is 9.04. The van der Waals surface area contributed by atoms with Crippen LogP contribution in [0.25, 0.3) is 0 Å². The SMILES string of the molecule is C#CC(CC)NCC1CCCN1C. The number of terminal acetylenes is 1. The summed E-state index contributed by atoms with van der Waals surface area (Å²) in [5.41, 5.74) is 0. The molecule has 1 aliphatic rings. The summed E-state index contributed by atoms with van der Waals surface area (Å²) in [4.78, 5) is 2.41. The fourth-order valence-electron chi connectivity index (χ4n) is 1.84. The lowest BCUT2D eigenvalue weighted by atomic mass is 10.2. The molecular weight excluding hydrogens is 160 g/mol. The van der Waals surface area contributed by atoms with E-state index in [1.807, 2.05) is 0 Å². The molecule has 1 N–H and O–H groups in total. The number of nitrogens with zero attached hydrogens (tertiary/aromatic N) is 1. The fourth-order valence-corrected chi connectivity index (χ4v) is 1.84. The molecule has 2 unspecified atom stereocenters. The first-order valence-electron chi connectivity index (χ1n) is 5.17. The van der Waals surface area contributed by atoms with E-state index in [1.165, 1.54) is 19.4 Å². The molecular formula is C11H20N2. The summed E-state index contributed by atoms with van der Waals surface area (Å²) in [7, 11) is 2.19. The molecule has 1 fully saturated rings. The zero-order valence-corrected chi connectivity index (χ0v) is 8.71. The van der Waals surface area contributed by atoms with Gasteiger partial charge in [0.25, 0.3) is 0 Å². The van der Waals surface area contributed by atoms with Crippen molar-refractivity contribution in [1.82, 2.24) is 10.2 Å². The molecule has 2 atom stereocenters. The molecule has 0 bridgehead atoms. The molecule has 0 aromatic heterocycles. The van der Waals surface area contributed by atoms with Crippen LogP contribution in [0.4, 0.5) is 0 Å². The first-order valence-corrected chi connectivity index (χ1v) is 5.17. The second kappa shape index (κ2) is 5.26. The molecule has 1 saturated heterocycles. The van der Waals surface area contributed by atoms with E-state index in [1.54, 1.807) is 0 Å². The Morgan fingerprint density at radius 1 is 1.69 bits per heavy atom. The predicted molar refractivity (Wildman–Crippen MR) is 56.6 cm³/mol. The molecule has 13 heavy (non-hydrogen) atoms. The molecule has 0 aromatic carbocycles. The van der Waals surface area contributed by atoms with Crippen LogP contribution >= 0.6 is 0 Å². The Bertz CT molecular complexity index is 183. The second-order valence-electron chi connectivity index (χ2n) is 3.81. The minimum absolute atomic E-state index is 0.258. The summed E-state index contributed by atoms with van der Waals surface area (Å²) in [5.74, 6) is 2.76. The predicted octanol–water partition coefficient (Wildman–Crippen LogP) is 1.08. The summed E-state index contributed by atoms with van der Waals surface area (Å²) in [6.45, 7) is 4.40.